The van der Waals surface area contributed by atoms with Crippen molar-refractivity contribution < 1.29 is 9.75 Å². The average Bonchev–Trinajstić information content (AvgIpc) is 3.07. The van der Waals surface area contributed by atoms with Crippen molar-refractivity contribution in [3.63, 3.8) is 0 Å². The quantitative estimate of drug-likeness (QED) is 0.634. The van der Waals surface area contributed by atoms with Crippen molar-refractivity contribution in [2.24, 2.45) is 0 Å². The van der Waals surface area contributed by atoms with E-state index >= 15 is 0 Å². The van der Waals surface area contributed by atoms with E-state index in [4.69, 9.17) is 0 Å². The molecule has 0 bridgehead atoms. The maximum absolute atomic E-state index is 13.5. The second kappa shape index (κ2) is 7.04. The largest absolute Gasteiger partial charge is 0.633 e. The van der Waals surface area contributed by atoms with Crippen molar-refractivity contribution in [2.45, 2.75) is 45.1 Å². The number of fused-ring (bicyclic) bond motifs is 1. The van der Waals surface area contributed by atoms with Crippen molar-refractivity contribution >= 4 is 11.3 Å². The molecule has 1 heterocycles. The number of phenols is 1. The number of aromatic hydroxyl groups is 1. The molecule has 0 radical (unpaired) electrons. The fourth-order valence-corrected chi connectivity index (χ4v) is 4.48. The Balaban J connectivity index is 1.75. The van der Waals surface area contributed by atoms with E-state index < -0.39 is 0 Å². The van der Waals surface area contributed by atoms with Gasteiger partial charge in [0, 0.05) is 24.1 Å². The second-order valence-corrected chi connectivity index (χ2v) is 7.57. The molecule has 0 saturated heterocycles. The molecule has 0 fully saturated rings. The number of hydroxylamine groups is 3. The third-order valence-corrected chi connectivity index (χ3v) is 5.95. The molecule has 2 atom stereocenters. The Labute approximate surface area is 142 Å². The number of nitrogens with zero attached hydrogens (tertiary/aromatic N) is 1. The predicted molar refractivity (Wildman–Crippen MR) is 95.6 cm³/mol. The number of hydrogen-bond acceptors (Lipinski definition) is 3. The molecule has 3 nitrogen and oxygen atoms in total. The summed E-state index contributed by atoms with van der Waals surface area (Å²) in [4.78, 5) is 1.30. The normalized spacial score (nSPS) is 20.0. The molecule has 2 aromatic rings. The molecule has 4 heteroatoms. The van der Waals surface area contributed by atoms with Crippen LogP contribution in [0.5, 0.6) is 5.75 Å². The summed E-state index contributed by atoms with van der Waals surface area (Å²) < 4.78 is -0.0938. The minimum Gasteiger partial charge on any atom is -0.633 e. The number of thiophene rings is 1. The standard InChI is InChI=1S/C19H25NO2S/c1-2-11-20(22,12-10-17-6-4-13-23-17)16-8-9-18-15(14-16)5-3-7-19(18)21/h3-7,13,16,21H,2,8-12,14H2,1H3. The Kier molecular flexibility index (Phi) is 5.05. The van der Waals surface area contributed by atoms with Gasteiger partial charge in [0.25, 0.3) is 0 Å². The number of phenolic OH excluding ortho intramolecular Hbond substituents is 1. The summed E-state index contributed by atoms with van der Waals surface area (Å²) in [6.07, 6.45) is 4.26. The molecule has 0 spiro atoms. The van der Waals surface area contributed by atoms with Crippen molar-refractivity contribution in [3.8, 4) is 5.75 Å². The highest BCUT2D eigenvalue weighted by Gasteiger charge is 2.32. The summed E-state index contributed by atoms with van der Waals surface area (Å²) in [5, 5.41) is 25.6. The molecule has 1 aromatic heterocycles. The van der Waals surface area contributed by atoms with Gasteiger partial charge in [-0.2, -0.15) is 0 Å². The van der Waals surface area contributed by atoms with E-state index in [0.717, 1.165) is 43.2 Å². The zero-order valence-electron chi connectivity index (χ0n) is 13.7. The number of quaternary nitrogens is 1. The van der Waals surface area contributed by atoms with Crippen LogP contribution in [-0.4, -0.2) is 28.9 Å². The van der Waals surface area contributed by atoms with E-state index in [9.17, 15) is 10.3 Å². The van der Waals surface area contributed by atoms with E-state index in [1.54, 1.807) is 17.4 Å². The van der Waals surface area contributed by atoms with E-state index in [1.807, 2.05) is 6.07 Å². The van der Waals surface area contributed by atoms with Crippen LogP contribution in [-0.2, 0) is 19.3 Å². The lowest BCUT2D eigenvalue weighted by Crippen LogP contribution is -2.54. The first kappa shape index (κ1) is 16.5. The molecule has 0 saturated carbocycles. The van der Waals surface area contributed by atoms with Crippen molar-refractivity contribution in [1.29, 1.82) is 0 Å². The summed E-state index contributed by atoms with van der Waals surface area (Å²) in [6, 6.07) is 10.00. The summed E-state index contributed by atoms with van der Waals surface area (Å²) in [6.45, 7) is 3.44. The third kappa shape index (κ3) is 3.60. The van der Waals surface area contributed by atoms with E-state index in [1.165, 1.54) is 4.88 Å². The van der Waals surface area contributed by atoms with Crippen LogP contribution >= 0.6 is 11.3 Å². The first-order chi connectivity index (χ1) is 11.1. The summed E-state index contributed by atoms with van der Waals surface area (Å²) in [5.41, 5.74) is 2.21. The number of hydrogen-bond donors (Lipinski definition) is 1. The van der Waals surface area contributed by atoms with Gasteiger partial charge in [-0.25, -0.2) is 0 Å². The summed E-state index contributed by atoms with van der Waals surface area (Å²) in [7, 11) is 0. The smallest absolute Gasteiger partial charge is 0.119 e. The lowest BCUT2D eigenvalue weighted by Gasteiger charge is -2.50. The van der Waals surface area contributed by atoms with Gasteiger partial charge in [-0.15, -0.1) is 11.3 Å². The van der Waals surface area contributed by atoms with Crippen LogP contribution in [0.4, 0.5) is 0 Å². The lowest BCUT2D eigenvalue weighted by molar-refractivity contribution is -0.906. The van der Waals surface area contributed by atoms with Gasteiger partial charge in [-0.3, -0.25) is 0 Å². The van der Waals surface area contributed by atoms with E-state index in [-0.39, 0.29) is 10.7 Å². The Hall–Kier alpha value is -1.36. The Bertz CT molecular complexity index is 641. The SMILES string of the molecule is CCC[N+]([O-])(CCc1cccs1)C1CCc2c(O)cccc2C1. The van der Waals surface area contributed by atoms with Gasteiger partial charge in [0.1, 0.15) is 5.75 Å². The highest BCUT2D eigenvalue weighted by molar-refractivity contribution is 7.09. The number of rotatable bonds is 6. The van der Waals surface area contributed by atoms with Crippen molar-refractivity contribution in [2.75, 3.05) is 13.1 Å². The Morgan fingerprint density at radius 2 is 2.13 bits per heavy atom. The van der Waals surface area contributed by atoms with Gasteiger partial charge in [-0.05, 0) is 41.5 Å². The Morgan fingerprint density at radius 1 is 1.26 bits per heavy atom. The van der Waals surface area contributed by atoms with Crippen LogP contribution in [0, 0.1) is 5.21 Å². The molecule has 0 aliphatic heterocycles. The molecule has 124 valence electrons. The van der Waals surface area contributed by atoms with Gasteiger partial charge in [0.15, 0.2) is 0 Å². The molecule has 1 N–H and O–H groups in total. The second-order valence-electron chi connectivity index (χ2n) is 6.54. The van der Waals surface area contributed by atoms with Crippen molar-refractivity contribution in [3.05, 3.63) is 56.9 Å². The monoisotopic (exact) mass is 331 g/mol. The minimum atomic E-state index is -0.0938. The molecule has 2 unspecified atom stereocenters. The van der Waals surface area contributed by atoms with Crippen LogP contribution in [0.25, 0.3) is 0 Å². The van der Waals surface area contributed by atoms with Gasteiger partial charge in [0.2, 0.25) is 0 Å². The van der Waals surface area contributed by atoms with E-state index in [0.29, 0.717) is 18.8 Å². The summed E-state index contributed by atoms with van der Waals surface area (Å²) in [5.74, 6) is 0.388. The summed E-state index contributed by atoms with van der Waals surface area (Å²) >= 11 is 1.74. The fraction of sp³-hybridized carbons (Fsp3) is 0.474. The zero-order valence-corrected chi connectivity index (χ0v) is 14.5. The molecule has 3 rings (SSSR count). The molecule has 1 aliphatic rings. The molecule has 0 amide bonds. The Morgan fingerprint density at radius 3 is 2.87 bits per heavy atom. The molecular formula is C19H25NO2S. The average molecular weight is 331 g/mol. The molecule has 1 aromatic carbocycles. The number of benzene rings is 1. The van der Waals surface area contributed by atoms with Gasteiger partial charge in [-0.1, -0.05) is 25.1 Å². The highest BCUT2D eigenvalue weighted by Crippen LogP contribution is 2.33. The van der Waals surface area contributed by atoms with Gasteiger partial charge in [0.05, 0.1) is 19.1 Å². The van der Waals surface area contributed by atoms with Crippen LogP contribution in [0.15, 0.2) is 35.7 Å². The first-order valence-electron chi connectivity index (χ1n) is 8.52. The van der Waals surface area contributed by atoms with Crippen LogP contribution in [0.1, 0.15) is 35.8 Å². The maximum atomic E-state index is 13.5. The molecule has 23 heavy (non-hydrogen) atoms. The molecule has 1 aliphatic carbocycles. The highest BCUT2D eigenvalue weighted by atomic mass is 32.1. The zero-order chi connectivity index (χ0) is 16.3. The van der Waals surface area contributed by atoms with Crippen molar-refractivity contribution in [1.82, 2.24) is 0 Å². The maximum Gasteiger partial charge on any atom is 0.119 e. The topological polar surface area (TPSA) is 43.3 Å². The minimum absolute atomic E-state index is 0.0938. The van der Waals surface area contributed by atoms with E-state index in [2.05, 4.69) is 30.5 Å². The first-order valence-corrected chi connectivity index (χ1v) is 9.40. The lowest BCUT2D eigenvalue weighted by atomic mass is 9.86. The predicted octanol–water partition coefficient (Wildman–Crippen LogP) is 4.28. The van der Waals surface area contributed by atoms with Crippen LogP contribution in [0.3, 0.4) is 0 Å². The fourth-order valence-electron chi connectivity index (χ4n) is 3.78. The van der Waals surface area contributed by atoms with Crippen LogP contribution < -0.4 is 0 Å². The third-order valence-electron chi connectivity index (χ3n) is 5.02. The van der Waals surface area contributed by atoms with Gasteiger partial charge >= 0.3 is 0 Å². The molecular weight excluding hydrogens is 306 g/mol. The van der Waals surface area contributed by atoms with Gasteiger partial charge < -0.3 is 15.0 Å². The van der Waals surface area contributed by atoms with Crippen LogP contribution in [0.2, 0.25) is 0 Å².